The maximum absolute atomic E-state index is 9.80. The summed E-state index contributed by atoms with van der Waals surface area (Å²) in [7, 11) is 0. The van der Waals surface area contributed by atoms with Crippen molar-refractivity contribution in [2.45, 2.75) is 6.92 Å². The Balaban J connectivity index is 3.82. The van der Waals surface area contributed by atoms with Gasteiger partial charge in [0.25, 0.3) is 0 Å². The van der Waals surface area contributed by atoms with Crippen LogP contribution in [0.15, 0.2) is 11.6 Å². The Morgan fingerprint density at radius 3 is 2.29 bits per heavy atom. The first kappa shape index (κ1) is 6.21. The van der Waals surface area contributed by atoms with E-state index < -0.39 is 5.97 Å². The second-order valence-corrected chi connectivity index (χ2v) is 1.12. The van der Waals surface area contributed by atoms with E-state index in [1.165, 1.54) is 6.08 Å². The summed E-state index contributed by atoms with van der Waals surface area (Å²) >= 11 is 0. The summed E-state index contributed by atoms with van der Waals surface area (Å²) in [5, 5.41) is 8.05. The molecule has 0 rings (SSSR count). The molecule has 1 radical (unpaired) electrons. The molecule has 0 aromatic heterocycles. The molecule has 0 saturated heterocycles. The van der Waals surface area contributed by atoms with Crippen LogP contribution in [-0.2, 0) is 4.79 Å². The molecular weight excluding hydrogens is 92.1 g/mol. The molecule has 7 heavy (non-hydrogen) atoms. The summed E-state index contributed by atoms with van der Waals surface area (Å²) in [5.74, 6) is -0.956. The van der Waals surface area contributed by atoms with Crippen LogP contribution in [0.25, 0.3) is 0 Å². The first-order valence-corrected chi connectivity index (χ1v) is 1.90. The molecule has 0 atom stereocenters. The molecule has 1 N–H and O–H groups in total. The maximum atomic E-state index is 9.80. The van der Waals surface area contributed by atoms with Gasteiger partial charge in [0, 0.05) is 5.57 Å². The van der Waals surface area contributed by atoms with Crippen LogP contribution in [0.4, 0.5) is 0 Å². The maximum Gasteiger partial charge on any atom is 0.331 e. The van der Waals surface area contributed by atoms with Crippen LogP contribution in [-0.4, -0.2) is 11.1 Å². The SMILES string of the molecule is [CH2]/C(=C/C)C(=O)O. The van der Waals surface area contributed by atoms with E-state index in [4.69, 9.17) is 5.11 Å². The second-order valence-electron chi connectivity index (χ2n) is 1.12. The molecule has 0 saturated carbocycles. The van der Waals surface area contributed by atoms with Crippen LogP contribution < -0.4 is 0 Å². The smallest absolute Gasteiger partial charge is 0.331 e. The topological polar surface area (TPSA) is 37.3 Å². The van der Waals surface area contributed by atoms with Crippen LogP contribution in [0, 0.1) is 6.92 Å². The number of allylic oxidation sites excluding steroid dienone is 1. The third-order valence-electron chi connectivity index (χ3n) is 0.623. The van der Waals surface area contributed by atoms with E-state index in [-0.39, 0.29) is 5.57 Å². The van der Waals surface area contributed by atoms with Gasteiger partial charge in [0.2, 0.25) is 0 Å². The van der Waals surface area contributed by atoms with Gasteiger partial charge in [-0.2, -0.15) is 0 Å². The monoisotopic (exact) mass is 99.0 g/mol. The van der Waals surface area contributed by atoms with Crippen molar-refractivity contribution in [2.24, 2.45) is 0 Å². The van der Waals surface area contributed by atoms with Gasteiger partial charge >= 0.3 is 5.97 Å². The largest absolute Gasteiger partial charge is 0.478 e. The lowest BCUT2D eigenvalue weighted by molar-refractivity contribution is -0.132. The third kappa shape index (κ3) is 1.98. The number of hydrogen-bond acceptors (Lipinski definition) is 1. The Hall–Kier alpha value is -0.790. The molecule has 0 aliphatic carbocycles. The Bertz CT molecular complexity index is 103. The number of aliphatic carboxylic acids is 1. The van der Waals surface area contributed by atoms with E-state index >= 15 is 0 Å². The molecule has 0 spiro atoms. The average Bonchev–Trinajstić information content (AvgIpc) is 1.65. The highest BCUT2D eigenvalue weighted by Crippen LogP contribution is 1.86. The van der Waals surface area contributed by atoms with Gasteiger partial charge in [-0.3, -0.25) is 0 Å². The van der Waals surface area contributed by atoms with Gasteiger partial charge in [0.15, 0.2) is 0 Å². The molecule has 0 heterocycles. The molecular formula is C5H7O2. The Labute approximate surface area is 42.5 Å². The molecule has 0 fully saturated rings. The lowest BCUT2D eigenvalue weighted by Crippen LogP contribution is -1.94. The molecule has 2 heteroatoms. The number of carboxylic acids is 1. The summed E-state index contributed by atoms with van der Waals surface area (Å²) in [6, 6.07) is 0. The van der Waals surface area contributed by atoms with Gasteiger partial charge in [0.05, 0.1) is 0 Å². The highest BCUT2D eigenvalue weighted by atomic mass is 16.4. The van der Waals surface area contributed by atoms with E-state index in [0.29, 0.717) is 0 Å². The highest BCUT2D eigenvalue weighted by molar-refractivity contribution is 5.87. The van der Waals surface area contributed by atoms with Crippen molar-refractivity contribution in [3.63, 3.8) is 0 Å². The van der Waals surface area contributed by atoms with Gasteiger partial charge in [-0.1, -0.05) is 6.08 Å². The van der Waals surface area contributed by atoms with Gasteiger partial charge < -0.3 is 5.11 Å². The summed E-state index contributed by atoms with van der Waals surface area (Å²) in [5.41, 5.74) is 0.139. The average molecular weight is 99.1 g/mol. The minimum absolute atomic E-state index is 0.139. The van der Waals surface area contributed by atoms with Crippen molar-refractivity contribution < 1.29 is 9.90 Å². The van der Waals surface area contributed by atoms with Gasteiger partial charge in [-0.15, -0.1) is 0 Å². The minimum atomic E-state index is -0.956. The predicted octanol–water partition coefficient (Wildman–Crippen LogP) is 0.851. The van der Waals surface area contributed by atoms with Crippen molar-refractivity contribution >= 4 is 5.97 Å². The van der Waals surface area contributed by atoms with Crippen LogP contribution in [0.5, 0.6) is 0 Å². The summed E-state index contributed by atoms with van der Waals surface area (Å²) < 4.78 is 0. The Kier molecular flexibility index (Phi) is 2.12. The lowest BCUT2D eigenvalue weighted by Gasteiger charge is -1.83. The molecule has 0 aromatic rings. The van der Waals surface area contributed by atoms with Crippen molar-refractivity contribution in [1.29, 1.82) is 0 Å². The number of rotatable bonds is 1. The standard InChI is InChI=1S/C5H7O2/c1-3-4(2)5(6)7/h3H,2H2,1H3,(H,6,7)/b4-3-. The third-order valence-corrected chi connectivity index (χ3v) is 0.623. The van der Waals surface area contributed by atoms with E-state index in [1.54, 1.807) is 6.92 Å². The zero-order valence-electron chi connectivity index (χ0n) is 4.14. The number of hydrogen-bond donors (Lipinski definition) is 1. The summed E-state index contributed by atoms with van der Waals surface area (Å²) in [6.07, 6.45) is 1.45. The molecule has 0 unspecified atom stereocenters. The van der Waals surface area contributed by atoms with Crippen LogP contribution in [0.2, 0.25) is 0 Å². The van der Waals surface area contributed by atoms with Crippen LogP contribution >= 0.6 is 0 Å². The minimum Gasteiger partial charge on any atom is -0.478 e. The zero-order valence-corrected chi connectivity index (χ0v) is 4.14. The summed E-state index contributed by atoms with van der Waals surface area (Å²) in [4.78, 5) is 9.80. The fourth-order valence-corrected chi connectivity index (χ4v) is 0.123. The van der Waals surface area contributed by atoms with Crippen molar-refractivity contribution in [3.05, 3.63) is 18.6 Å². The molecule has 0 aliphatic heterocycles. The first-order chi connectivity index (χ1) is 3.18. The fraction of sp³-hybridized carbons (Fsp3) is 0.200. The van der Waals surface area contributed by atoms with Gasteiger partial charge in [-0.05, 0) is 13.8 Å². The Morgan fingerprint density at radius 1 is 1.86 bits per heavy atom. The van der Waals surface area contributed by atoms with E-state index in [9.17, 15) is 4.79 Å². The fourth-order valence-electron chi connectivity index (χ4n) is 0.123. The zero-order chi connectivity index (χ0) is 5.86. The molecule has 0 amide bonds. The van der Waals surface area contributed by atoms with E-state index in [0.717, 1.165) is 0 Å². The molecule has 0 aliphatic rings. The summed E-state index contributed by atoms with van der Waals surface area (Å²) in [6.45, 7) is 4.85. The van der Waals surface area contributed by atoms with Gasteiger partial charge in [-0.25, -0.2) is 4.79 Å². The van der Waals surface area contributed by atoms with Crippen molar-refractivity contribution in [3.8, 4) is 0 Å². The number of carboxylic acid groups (broad SMARTS) is 1. The molecule has 39 valence electrons. The number of carbonyl (C=O) groups is 1. The lowest BCUT2D eigenvalue weighted by atomic mass is 10.3. The quantitative estimate of drug-likeness (QED) is 0.495. The van der Waals surface area contributed by atoms with Crippen LogP contribution in [0.3, 0.4) is 0 Å². The van der Waals surface area contributed by atoms with Crippen LogP contribution in [0.1, 0.15) is 6.92 Å². The Morgan fingerprint density at radius 2 is 2.29 bits per heavy atom. The van der Waals surface area contributed by atoms with Crippen molar-refractivity contribution in [1.82, 2.24) is 0 Å². The first-order valence-electron chi connectivity index (χ1n) is 1.90. The molecule has 0 bridgehead atoms. The molecule has 0 aromatic carbocycles. The van der Waals surface area contributed by atoms with Crippen molar-refractivity contribution in [2.75, 3.05) is 0 Å². The highest BCUT2D eigenvalue weighted by Gasteiger charge is 1.93. The second kappa shape index (κ2) is 2.39. The van der Waals surface area contributed by atoms with E-state index in [1.807, 2.05) is 0 Å². The van der Waals surface area contributed by atoms with E-state index in [2.05, 4.69) is 6.92 Å². The predicted molar refractivity (Wildman–Crippen MR) is 26.7 cm³/mol. The van der Waals surface area contributed by atoms with Gasteiger partial charge in [0.1, 0.15) is 0 Å². The molecule has 2 nitrogen and oxygen atoms in total. The normalized spacial score (nSPS) is 11.4.